The van der Waals surface area contributed by atoms with Gasteiger partial charge in [-0.1, -0.05) is 6.92 Å². The molecule has 5 heteroatoms. The molecule has 2 atom stereocenters. The van der Waals surface area contributed by atoms with Crippen LogP contribution in [0.3, 0.4) is 0 Å². The molecule has 5 nitrogen and oxygen atoms in total. The van der Waals surface area contributed by atoms with Gasteiger partial charge in [-0.2, -0.15) is 5.10 Å². The fourth-order valence-corrected chi connectivity index (χ4v) is 3.94. The van der Waals surface area contributed by atoms with Crippen LogP contribution in [0.4, 0.5) is 0 Å². The van der Waals surface area contributed by atoms with E-state index in [0.29, 0.717) is 30.8 Å². The van der Waals surface area contributed by atoms with Crippen molar-refractivity contribution in [3.63, 3.8) is 0 Å². The van der Waals surface area contributed by atoms with E-state index in [9.17, 15) is 4.79 Å². The van der Waals surface area contributed by atoms with Crippen LogP contribution in [0.5, 0.6) is 0 Å². The number of nitrogens with zero attached hydrogens (tertiary/aromatic N) is 4. The summed E-state index contributed by atoms with van der Waals surface area (Å²) in [7, 11) is 0. The smallest absolute Gasteiger partial charge is 0.224 e. The number of carbonyl (C=O) groups is 1. The average molecular weight is 304 g/mol. The molecule has 4 heterocycles. The third-order valence-electron chi connectivity index (χ3n) is 5.16. The molecule has 3 aliphatic rings. The van der Waals surface area contributed by atoms with Crippen LogP contribution in [-0.4, -0.2) is 57.7 Å². The molecule has 122 valence electrons. The molecule has 0 spiro atoms. The SMILES string of the molecule is CCCN1C[C@H]2CC[C@@H]1CN(C(=O)CCn1nccc1C)C2. The van der Waals surface area contributed by atoms with Crippen molar-refractivity contribution in [2.45, 2.75) is 52.1 Å². The number of hydrogen-bond acceptors (Lipinski definition) is 3. The van der Waals surface area contributed by atoms with E-state index in [0.717, 1.165) is 18.8 Å². The first-order valence-electron chi connectivity index (χ1n) is 8.67. The highest BCUT2D eigenvalue weighted by Gasteiger charge is 2.35. The van der Waals surface area contributed by atoms with Crippen LogP contribution < -0.4 is 0 Å². The van der Waals surface area contributed by atoms with E-state index in [2.05, 4.69) is 21.8 Å². The number of aromatic nitrogens is 2. The van der Waals surface area contributed by atoms with Crippen LogP contribution in [0.1, 0.15) is 38.3 Å². The van der Waals surface area contributed by atoms with Crippen molar-refractivity contribution in [1.82, 2.24) is 19.6 Å². The molecule has 0 aromatic carbocycles. The van der Waals surface area contributed by atoms with Crippen molar-refractivity contribution in [3.8, 4) is 0 Å². The van der Waals surface area contributed by atoms with E-state index in [1.54, 1.807) is 6.20 Å². The standard InChI is InChI=1S/C17H28N4O/c1-3-9-19-11-15-4-5-16(19)13-20(12-15)17(22)7-10-21-14(2)6-8-18-21/h6,8,15-16H,3-5,7,9-13H2,1-2H3/t15-,16-/m1/s1. The highest BCUT2D eigenvalue weighted by molar-refractivity contribution is 5.76. The Morgan fingerprint density at radius 1 is 1.27 bits per heavy atom. The van der Waals surface area contributed by atoms with Gasteiger partial charge >= 0.3 is 0 Å². The largest absolute Gasteiger partial charge is 0.341 e. The van der Waals surface area contributed by atoms with Gasteiger partial charge in [0, 0.05) is 50.5 Å². The summed E-state index contributed by atoms with van der Waals surface area (Å²) in [6, 6.07) is 2.56. The van der Waals surface area contributed by atoms with Crippen molar-refractivity contribution >= 4 is 5.91 Å². The second-order valence-electron chi connectivity index (χ2n) is 6.84. The zero-order valence-corrected chi connectivity index (χ0v) is 13.9. The van der Waals surface area contributed by atoms with Crippen LogP contribution in [0.25, 0.3) is 0 Å². The minimum atomic E-state index is 0.296. The van der Waals surface area contributed by atoms with Crippen molar-refractivity contribution in [1.29, 1.82) is 0 Å². The number of hydrogen-bond donors (Lipinski definition) is 0. The summed E-state index contributed by atoms with van der Waals surface area (Å²) in [5.74, 6) is 0.964. The van der Waals surface area contributed by atoms with Gasteiger partial charge in [-0.3, -0.25) is 14.4 Å². The molecule has 2 bridgehead atoms. The predicted octanol–water partition coefficient (Wildman–Crippen LogP) is 1.91. The van der Waals surface area contributed by atoms with Crippen LogP contribution >= 0.6 is 0 Å². The van der Waals surface area contributed by atoms with Gasteiger partial charge in [0.2, 0.25) is 5.91 Å². The Morgan fingerprint density at radius 3 is 2.86 bits per heavy atom. The van der Waals surface area contributed by atoms with Crippen LogP contribution in [0.15, 0.2) is 12.3 Å². The first kappa shape index (κ1) is 15.5. The van der Waals surface area contributed by atoms with E-state index in [1.807, 2.05) is 17.7 Å². The van der Waals surface area contributed by atoms with Crippen molar-refractivity contribution in [3.05, 3.63) is 18.0 Å². The normalized spacial score (nSPS) is 25.5. The summed E-state index contributed by atoms with van der Waals surface area (Å²) in [5, 5.41) is 4.27. The van der Waals surface area contributed by atoms with E-state index < -0.39 is 0 Å². The third kappa shape index (κ3) is 3.35. The predicted molar refractivity (Wildman–Crippen MR) is 86.5 cm³/mol. The lowest BCUT2D eigenvalue weighted by Crippen LogP contribution is -2.44. The Labute approximate surface area is 133 Å². The Balaban J connectivity index is 1.58. The molecule has 0 aliphatic carbocycles. The summed E-state index contributed by atoms with van der Waals surface area (Å²) < 4.78 is 1.92. The molecule has 0 N–H and O–H groups in total. The number of piperidine rings is 1. The van der Waals surface area contributed by atoms with E-state index >= 15 is 0 Å². The van der Waals surface area contributed by atoms with Gasteiger partial charge in [0.1, 0.15) is 0 Å². The molecular formula is C17H28N4O. The van der Waals surface area contributed by atoms with Gasteiger partial charge in [0.05, 0.1) is 0 Å². The molecule has 3 fully saturated rings. The van der Waals surface area contributed by atoms with E-state index in [1.165, 1.54) is 32.4 Å². The molecule has 4 rings (SSSR count). The van der Waals surface area contributed by atoms with Gasteiger partial charge < -0.3 is 4.90 Å². The summed E-state index contributed by atoms with van der Waals surface area (Å²) in [6.45, 7) is 9.21. The average Bonchev–Trinajstić information content (AvgIpc) is 2.73. The van der Waals surface area contributed by atoms with Crippen LogP contribution in [0.2, 0.25) is 0 Å². The molecule has 3 saturated heterocycles. The summed E-state index contributed by atoms with van der Waals surface area (Å²) in [6.07, 6.45) is 6.11. The van der Waals surface area contributed by atoms with Gasteiger partial charge in [0.25, 0.3) is 0 Å². The highest BCUT2D eigenvalue weighted by Crippen LogP contribution is 2.28. The lowest BCUT2D eigenvalue weighted by atomic mass is 9.95. The zero-order valence-electron chi connectivity index (χ0n) is 13.9. The number of rotatable bonds is 5. The second kappa shape index (κ2) is 6.82. The lowest BCUT2D eigenvalue weighted by Gasteiger charge is -2.35. The quantitative estimate of drug-likeness (QED) is 0.834. The molecule has 0 radical (unpaired) electrons. The summed E-state index contributed by atoms with van der Waals surface area (Å²) >= 11 is 0. The fraction of sp³-hybridized carbons (Fsp3) is 0.765. The monoisotopic (exact) mass is 304 g/mol. The molecular weight excluding hydrogens is 276 g/mol. The minimum absolute atomic E-state index is 0.296. The Morgan fingerprint density at radius 2 is 2.14 bits per heavy atom. The first-order chi connectivity index (χ1) is 10.7. The Hall–Kier alpha value is -1.36. The van der Waals surface area contributed by atoms with E-state index in [-0.39, 0.29) is 0 Å². The number of fused-ring (bicyclic) bond motifs is 4. The fourth-order valence-electron chi connectivity index (χ4n) is 3.94. The third-order valence-corrected chi connectivity index (χ3v) is 5.16. The Kier molecular flexibility index (Phi) is 4.81. The molecule has 3 aliphatic heterocycles. The minimum Gasteiger partial charge on any atom is -0.341 e. The zero-order chi connectivity index (χ0) is 15.5. The van der Waals surface area contributed by atoms with Crippen molar-refractivity contribution < 1.29 is 4.79 Å². The van der Waals surface area contributed by atoms with E-state index in [4.69, 9.17) is 0 Å². The highest BCUT2D eigenvalue weighted by atomic mass is 16.2. The first-order valence-corrected chi connectivity index (χ1v) is 8.67. The molecule has 22 heavy (non-hydrogen) atoms. The maximum atomic E-state index is 12.6. The molecule has 1 aromatic rings. The summed E-state index contributed by atoms with van der Waals surface area (Å²) in [4.78, 5) is 17.3. The lowest BCUT2D eigenvalue weighted by molar-refractivity contribution is -0.131. The Bertz CT molecular complexity index is 513. The summed E-state index contributed by atoms with van der Waals surface area (Å²) in [5.41, 5.74) is 1.12. The van der Waals surface area contributed by atoms with Crippen LogP contribution in [0, 0.1) is 12.8 Å². The molecule has 0 saturated carbocycles. The van der Waals surface area contributed by atoms with Gasteiger partial charge in [-0.15, -0.1) is 0 Å². The second-order valence-corrected chi connectivity index (χ2v) is 6.84. The van der Waals surface area contributed by atoms with Crippen molar-refractivity contribution in [2.24, 2.45) is 5.92 Å². The maximum absolute atomic E-state index is 12.6. The molecule has 1 amide bonds. The van der Waals surface area contributed by atoms with Crippen LogP contribution in [-0.2, 0) is 11.3 Å². The van der Waals surface area contributed by atoms with Crippen molar-refractivity contribution in [2.75, 3.05) is 26.2 Å². The van der Waals surface area contributed by atoms with Gasteiger partial charge in [-0.05, 0) is 44.7 Å². The van der Waals surface area contributed by atoms with Gasteiger partial charge in [0.15, 0.2) is 0 Å². The number of aryl methyl sites for hydroxylation is 2. The van der Waals surface area contributed by atoms with Gasteiger partial charge in [-0.25, -0.2) is 0 Å². The topological polar surface area (TPSA) is 41.4 Å². The number of carbonyl (C=O) groups excluding carboxylic acids is 1. The molecule has 1 aromatic heterocycles. The maximum Gasteiger partial charge on any atom is 0.224 e. The number of amides is 1. The molecule has 0 unspecified atom stereocenters.